The highest BCUT2D eigenvalue weighted by Crippen LogP contribution is 2.17. The topological polar surface area (TPSA) is 12.4 Å². The maximum atomic E-state index is 5.69. The monoisotopic (exact) mass is 201 g/mol. The molecule has 0 unspecified atom stereocenters. The molecule has 3 heteroatoms. The van der Waals surface area contributed by atoms with E-state index in [1.165, 1.54) is 0 Å². The van der Waals surface area contributed by atoms with E-state index < -0.39 is 0 Å². The summed E-state index contributed by atoms with van der Waals surface area (Å²) in [7, 11) is 0. The van der Waals surface area contributed by atoms with E-state index in [1.807, 2.05) is 31.2 Å². The summed E-state index contributed by atoms with van der Waals surface area (Å²) in [4.78, 5) is 4.13. The van der Waals surface area contributed by atoms with E-state index in [4.69, 9.17) is 23.2 Å². The summed E-state index contributed by atoms with van der Waals surface area (Å²) < 4.78 is 0. The molecule has 0 heterocycles. The van der Waals surface area contributed by atoms with E-state index in [0.29, 0.717) is 5.17 Å². The Morgan fingerprint density at radius 2 is 2.08 bits per heavy atom. The van der Waals surface area contributed by atoms with Crippen LogP contribution >= 0.6 is 23.2 Å². The van der Waals surface area contributed by atoms with Crippen molar-refractivity contribution in [3.8, 4) is 0 Å². The molecular weight excluding hydrogens is 193 g/mol. The number of benzene rings is 1. The van der Waals surface area contributed by atoms with Crippen molar-refractivity contribution in [2.45, 2.75) is 6.92 Å². The normalized spacial score (nSPS) is 11.8. The molecule has 0 saturated heterocycles. The van der Waals surface area contributed by atoms with Gasteiger partial charge in [-0.05, 0) is 18.6 Å². The third-order valence-corrected chi connectivity index (χ3v) is 2.08. The first kappa shape index (κ1) is 9.56. The second kappa shape index (κ2) is 4.48. The largest absolute Gasteiger partial charge is 0.240 e. The minimum absolute atomic E-state index is 0.260. The van der Waals surface area contributed by atoms with E-state index in [1.54, 1.807) is 0 Å². The van der Waals surface area contributed by atoms with Crippen LogP contribution in [-0.4, -0.2) is 11.1 Å². The Hall–Kier alpha value is -0.530. The number of hydrogen-bond acceptors (Lipinski definition) is 1. The molecule has 1 aromatic rings. The van der Waals surface area contributed by atoms with Crippen molar-refractivity contribution in [1.82, 2.24) is 0 Å². The standard InChI is InChI=1S/C9H9Cl2N/c1-7-4-2-3-5-8(7)12-9(11)6-10/h2-5H,6H2,1H3. The first-order valence-corrected chi connectivity index (χ1v) is 4.50. The van der Waals surface area contributed by atoms with Crippen LogP contribution in [0.1, 0.15) is 5.56 Å². The van der Waals surface area contributed by atoms with Gasteiger partial charge in [0, 0.05) is 0 Å². The van der Waals surface area contributed by atoms with Crippen molar-refractivity contribution in [1.29, 1.82) is 0 Å². The molecular formula is C9H9Cl2N. The van der Waals surface area contributed by atoms with Gasteiger partial charge in [-0.25, -0.2) is 4.99 Å². The number of nitrogens with zero attached hydrogens (tertiary/aromatic N) is 1. The predicted molar refractivity (Wildman–Crippen MR) is 54.8 cm³/mol. The summed E-state index contributed by atoms with van der Waals surface area (Å²) >= 11 is 11.2. The molecule has 0 aromatic heterocycles. The van der Waals surface area contributed by atoms with Crippen LogP contribution in [0.5, 0.6) is 0 Å². The molecule has 1 rings (SSSR count). The van der Waals surface area contributed by atoms with Crippen LogP contribution in [0.4, 0.5) is 5.69 Å². The molecule has 0 aliphatic heterocycles. The minimum Gasteiger partial charge on any atom is -0.240 e. The summed E-state index contributed by atoms with van der Waals surface area (Å²) in [5.41, 5.74) is 1.98. The molecule has 12 heavy (non-hydrogen) atoms. The fourth-order valence-corrected chi connectivity index (χ4v) is 1.00. The molecule has 0 aliphatic carbocycles. The summed E-state index contributed by atoms with van der Waals surface area (Å²) in [5, 5.41) is 0.422. The quantitative estimate of drug-likeness (QED) is 0.514. The Morgan fingerprint density at radius 1 is 1.42 bits per heavy atom. The fraction of sp³-hybridized carbons (Fsp3) is 0.222. The van der Waals surface area contributed by atoms with Crippen molar-refractivity contribution in [2.75, 3.05) is 5.88 Å². The van der Waals surface area contributed by atoms with Crippen LogP contribution < -0.4 is 0 Å². The van der Waals surface area contributed by atoms with Gasteiger partial charge in [-0.15, -0.1) is 11.6 Å². The van der Waals surface area contributed by atoms with E-state index in [9.17, 15) is 0 Å². The molecule has 0 aliphatic rings. The number of aliphatic imine (C=N–C) groups is 1. The van der Waals surface area contributed by atoms with Gasteiger partial charge in [-0.2, -0.15) is 0 Å². The molecule has 1 nitrogen and oxygen atoms in total. The number of para-hydroxylation sites is 1. The van der Waals surface area contributed by atoms with Crippen LogP contribution in [-0.2, 0) is 0 Å². The Balaban J connectivity index is 2.96. The number of aryl methyl sites for hydroxylation is 1. The van der Waals surface area contributed by atoms with E-state index in [-0.39, 0.29) is 5.88 Å². The third kappa shape index (κ3) is 2.50. The number of hydrogen-bond donors (Lipinski definition) is 0. The van der Waals surface area contributed by atoms with Gasteiger partial charge < -0.3 is 0 Å². The van der Waals surface area contributed by atoms with Crippen LogP contribution in [0.15, 0.2) is 29.3 Å². The summed E-state index contributed by atoms with van der Waals surface area (Å²) in [5.74, 6) is 0.260. The van der Waals surface area contributed by atoms with E-state index in [2.05, 4.69) is 4.99 Å². The molecule has 0 amide bonds. The number of alkyl halides is 1. The lowest BCUT2D eigenvalue weighted by molar-refractivity contribution is 1.40. The second-order valence-electron chi connectivity index (χ2n) is 2.41. The average molecular weight is 202 g/mol. The zero-order valence-corrected chi connectivity index (χ0v) is 8.23. The van der Waals surface area contributed by atoms with Crippen molar-refractivity contribution >= 4 is 34.1 Å². The molecule has 0 fully saturated rings. The summed E-state index contributed by atoms with van der Waals surface area (Å²) in [6, 6.07) is 7.77. The lowest BCUT2D eigenvalue weighted by Crippen LogP contribution is -1.86. The van der Waals surface area contributed by atoms with Crippen molar-refractivity contribution < 1.29 is 0 Å². The third-order valence-electron chi connectivity index (χ3n) is 1.47. The Morgan fingerprint density at radius 3 is 2.67 bits per heavy atom. The zero-order valence-electron chi connectivity index (χ0n) is 6.72. The molecule has 0 bridgehead atoms. The van der Waals surface area contributed by atoms with Crippen LogP contribution in [0.2, 0.25) is 0 Å². The van der Waals surface area contributed by atoms with Crippen molar-refractivity contribution in [3.05, 3.63) is 29.8 Å². The van der Waals surface area contributed by atoms with Gasteiger partial charge in [-0.3, -0.25) is 0 Å². The SMILES string of the molecule is Cc1ccccc1N=C(Cl)CCl. The predicted octanol–water partition coefficient (Wildman–Crippen LogP) is 3.50. The lowest BCUT2D eigenvalue weighted by atomic mass is 10.2. The zero-order chi connectivity index (χ0) is 8.97. The van der Waals surface area contributed by atoms with Crippen LogP contribution in [0.25, 0.3) is 0 Å². The highest BCUT2D eigenvalue weighted by atomic mass is 35.5. The van der Waals surface area contributed by atoms with Gasteiger partial charge in [0.2, 0.25) is 0 Å². The molecule has 1 aromatic carbocycles. The van der Waals surface area contributed by atoms with Crippen LogP contribution in [0.3, 0.4) is 0 Å². The Labute approximate surface area is 82.0 Å². The van der Waals surface area contributed by atoms with Gasteiger partial charge >= 0.3 is 0 Å². The van der Waals surface area contributed by atoms with Gasteiger partial charge in [0.05, 0.1) is 11.6 Å². The maximum absolute atomic E-state index is 5.69. The average Bonchev–Trinajstić information content (AvgIpc) is 2.09. The highest BCUT2D eigenvalue weighted by molar-refractivity contribution is 6.69. The maximum Gasteiger partial charge on any atom is 0.121 e. The van der Waals surface area contributed by atoms with Gasteiger partial charge in [0.15, 0.2) is 0 Å². The fourth-order valence-electron chi connectivity index (χ4n) is 0.849. The minimum atomic E-state index is 0.260. The molecule has 0 atom stereocenters. The molecule has 0 N–H and O–H groups in total. The molecule has 0 spiro atoms. The number of rotatable bonds is 2. The molecule has 0 radical (unpaired) electrons. The smallest absolute Gasteiger partial charge is 0.121 e. The Bertz CT molecular complexity index is 294. The lowest BCUT2D eigenvalue weighted by Gasteiger charge is -1.98. The molecule has 64 valence electrons. The van der Waals surface area contributed by atoms with Crippen LogP contribution in [0, 0.1) is 6.92 Å². The van der Waals surface area contributed by atoms with Gasteiger partial charge in [-0.1, -0.05) is 29.8 Å². The van der Waals surface area contributed by atoms with Gasteiger partial charge in [0.25, 0.3) is 0 Å². The van der Waals surface area contributed by atoms with Gasteiger partial charge in [0.1, 0.15) is 5.17 Å². The first-order valence-electron chi connectivity index (χ1n) is 3.58. The van der Waals surface area contributed by atoms with Crippen molar-refractivity contribution in [2.24, 2.45) is 4.99 Å². The first-order chi connectivity index (χ1) is 5.74. The second-order valence-corrected chi connectivity index (χ2v) is 3.11. The summed E-state index contributed by atoms with van der Waals surface area (Å²) in [6.07, 6.45) is 0. The van der Waals surface area contributed by atoms with E-state index in [0.717, 1.165) is 11.3 Å². The summed E-state index contributed by atoms with van der Waals surface area (Å²) in [6.45, 7) is 1.98. The highest BCUT2D eigenvalue weighted by Gasteiger charge is 1.95. The van der Waals surface area contributed by atoms with E-state index >= 15 is 0 Å². The number of halogens is 2. The molecule has 0 saturated carbocycles. The Kier molecular flexibility index (Phi) is 3.57. The van der Waals surface area contributed by atoms with Crippen molar-refractivity contribution in [3.63, 3.8) is 0 Å².